The van der Waals surface area contributed by atoms with Gasteiger partial charge >= 0.3 is 0 Å². The number of carbonyl (C=O) groups excluding carboxylic acids is 1. The van der Waals surface area contributed by atoms with Crippen molar-refractivity contribution >= 4 is 17.5 Å². The molecule has 1 aliphatic rings. The van der Waals surface area contributed by atoms with Crippen LogP contribution in [0.2, 0.25) is 5.02 Å². The van der Waals surface area contributed by atoms with Gasteiger partial charge in [0.15, 0.2) is 6.61 Å². The highest BCUT2D eigenvalue weighted by atomic mass is 35.5. The summed E-state index contributed by atoms with van der Waals surface area (Å²) >= 11 is 5.69. The molecule has 1 atom stereocenters. The van der Waals surface area contributed by atoms with Crippen LogP contribution in [0.4, 0.5) is 4.39 Å². The summed E-state index contributed by atoms with van der Waals surface area (Å²) in [6.07, 6.45) is 7.39. The van der Waals surface area contributed by atoms with Gasteiger partial charge in [0.25, 0.3) is 5.91 Å². The first kappa shape index (κ1) is 15.8. The average molecular weight is 338 g/mol. The Morgan fingerprint density at radius 1 is 1.48 bits per heavy atom. The molecule has 1 aromatic carbocycles. The Hall–Kier alpha value is -2.08. The van der Waals surface area contributed by atoms with E-state index in [-0.39, 0.29) is 23.6 Å². The number of halogens is 2. The first-order chi connectivity index (χ1) is 11.1. The normalized spacial score (nSPS) is 18.0. The largest absolute Gasteiger partial charge is 0.484 e. The standard InChI is InChI=1S/C16H17ClFN3O2/c17-14-8-13(3-4-15(14)18)23-10-16(22)20-6-1-2-12(9-20)21-7-5-19-11-21/h3-5,7-8,11-12H,1-2,6,9-10H2. The van der Waals surface area contributed by atoms with Crippen molar-refractivity contribution in [2.75, 3.05) is 19.7 Å². The number of amides is 1. The molecule has 2 aromatic rings. The minimum absolute atomic E-state index is 0.0203. The van der Waals surface area contributed by atoms with E-state index in [0.29, 0.717) is 12.3 Å². The van der Waals surface area contributed by atoms with Gasteiger partial charge in [0.05, 0.1) is 17.4 Å². The van der Waals surface area contributed by atoms with Crippen LogP contribution in [-0.4, -0.2) is 40.1 Å². The minimum atomic E-state index is -0.510. The number of likely N-dealkylation sites (tertiary alicyclic amines) is 1. The Bertz CT molecular complexity index is 678. The number of rotatable bonds is 4. The highest BCUT2D eigenvalue weighted by Gasteiger charge is 2.24. The first-order valence-corrected chi connectivity index (χ1v) is 7.84. The van der Waals surface area contributed by atoms with Crippen LogP contribution in [0.1, 0.15) is 18.9 Å². The number of imidazole rings is 1. The summed E-state index contributed by atoms with van der Waals surface area (Å²) in [5, 5.41) is -0.0203. The molecule has 1 saturated heterocycles. The maximum Gasteiger partial charge on any atom is 0.260 e. The predicted octanol–water partition coefficient (Wildman–Crippen LogP) is 2.92. The molecular formula is C16H17ClFN3O2. The molecule has 1 unspecified atom stereocenters. The van der Waals surface area contributed by atoms with Crippen molar-refractivity contribution in [2.45, 2.75) is 18.9 Å². The molecule has 1 amide bonds. The van der Waals surface area contributed by atoms with Crippen molar-refractivity contribution in [1.29, 1.82) is 0 Å². The molecule has 1 aromatic heterocycles. The zero-order valence-corrected chi connectivity index (χ0v) is 13.2. The highest BCUT2D eigenvalue weighted by molar-refractivity contribution is 6.30. The van der Waals surface area contributed by atoms with Crippen molar-refractivity contribution in [3.05, 3.63) is 47.8 Å². The highest BCUT2D eigenvalue weighted by Crippen LogP contribution is 2.23. The Labute approximate surface area is 138 Å². The fourth-order valence-corrected chi connectivity index (χ4v) is 2.88. The average Bonchev–Trinajstić information content (AvgIpc) is 3.10. The molecule has 0 radical (unpaired) electrons. The maximum absolute atomic E-state index is 13.1. The molecule has 0 N–H and O–H groups in total. The quantitative estimate of drug-likeness (QED) is 0.862. The number of hydrogen-bond acceptors (Lipinski definition) is 3. The van der Waals surface area contributed by atoms with E-state index in [0.717, 1.165) is 19.4 Å². The van der Waals surface area contributed by atoms with Crippen LogP contribution in [0.3, 0.4) is 0 Å². The number of ether oxygens (including phenoxy) is 1. The molecule has 7 heteroatoms. The molecule has 5 nitrogen and oxygen atoms in total. The molecule has 0 aliphatic carbocycles. The predicted molar refractivity (Wildman–Crippen MR) is 84.0 cm³/mol. The van der Waals surface area contributed by atoms with Crippen LogP contribution < -0.4 is 4.74 Å². The van der Waals surface area contributed by atoms with Gasteiger partial charge in [-0.05, 0) is 25.0 Å². The van der Waals surface area contributed by atoms with Crippen LogP contribution in [0.25, 0.3) is 0 Å². The molecule has 23 heavy (non-hydrogen) atoms. The molecule has 0 bridgehead atoms. The first-order valence-electron chi connectivity index (χ1n) is 7.46. The van der Waals surface area contributed by atoms with E-state index in [2.05, 4.69) is 4.98 Å². The Balaban J connectivity index is 1.56. The van der Waals surface area contributed by atoms with Crippen LogP contribution in [0.15, 0.2) is 36.9 Å². The van der Waals surface area contributed by atoms with E-state index in [1.54, 1.807) is 17.4 Å². The lowest BCUT2D eigenvalue weighted by molar-refractivity contribution is -0.135. The second-order valence-electron chi connectivity index (χ2n) is 5.51. The molecule has 0 saturated carbocycles. The Kier molecular flexibility index (Phi) is 4.81. The molecule has 1 fully saturated rings. The van der Waals surface area contributed by atoms with E-state index in [9.17, 15) is 9.18 Å². The van der Waals surface area contributed by atoms with Crippen molar-refractivity contribution in [3.8, 4) is 5.75 Å². The van der Waals surface area contributed by atoms with Gasteiger partial charge in [0.2, 0.25) is 0 Å². The zero-order valence-electron chi connectivity index (χ0n) is 12.5. The van der Waals surface area contributed by atoms with Crippen molar-refractivity contribution in [2.24, 2.45) is 0 Å². The van der Waals surface area contributed by atoms with Gasteiger partial charge in [-0.1, -0.05) is 11.6 Å². The second kappa shape index (κ2) is 7.00. The lowest BCUT2D eigenvalue weighted by Crippen LogP contribution is -2.42. The molecule has 0 spiro atoms. The fraction of sp³-hybridized carbons (Fsp3) is 0.375. The van der Waals surface area contributed by atoms with Gasteiger partial charge in [-0.2, -0.15) is 0 Å². The lowest BCUT2D eigenvalue weighted by atomic mass is 10.1. The zero-order chi connectivity index (χ0) is 16.2. The summed E-state index contributed by atoms with van der Waals surface area (Å²) in [6.45, 7) is 1.28. The topological polar surface area (TPSA) is 47.4 Å². The number of benzene rings is 1. The summed E-state index contributed by atoms with van der Waals surface area (Å²) in [4.78, 5) is 18.1. The summed E-state index contributed by atoms with van der Waals surface area (Å²) < 4.78 is 20.5. The van der Waals surface area contributed by atoms with Crippen molar-refractivity contribution in [3.63, 3.8) is 0 Å². The van der Waals surface area contributed by atoms with Crippen LogP contribution in [-0.2, 0) is 4.79 Å². The van der Waals surface area contributed by atoms with Gasteiger partial charge in [-0.25, -0.2) is 9.37 Å². The summed E-state index contributed by atoms with van der Waals surface area (Å²) in [5.74, 6) is -0.215. The van der Waals surface area contributed by atoms with Crippen LogP contribution >= 0.6 is 11.6 Å². The number of hydrogen-bond donors (Lipinski definition) is 0. The Morgan fingerprint density at radius 2 is 2.35 bits per heavy atom. The van der Waals surface area contributed by atoms with Crippen LogP contribution in [0, 0.1) is 5.82 Å². The van der Waals surface area contributed by atoms with Gasteiger partial charge in [0, 0.05) is 31.5 Å². The number of aromatic nitrogens is 2. The summed E-state index contributed by atoms with van der Waals surface area (Å²) in [5.41, 5.74) is 0. The Morgan fingerprint density at radius 3 is 3.09 bits per heavy atom. The molecule has 2 heterocycles. The summed E-state index contributed by atoms with van der Waals surface area (Å²) in [7, 11) is 0. The van der Waals surface area contributed by atoms with Gasteiger partial charge in [0.1, 0.15) is 11.6 Å². The SMILES string of the molecule is O=C(COc1ccc(F)c(Cl)c1)N1CCCC(n2ccnc2)C1. The smallest absolute Gasteiger partial charge is 0.260 e. The number of piperidine rings is 1. The molecule has 3 rings (SSSR count). The maximum atomic E-state index is 13.1. The number of nitrogens with zero attached hydrogens (tertiary/aromatic N) is 3. The minimum Gasteiger partial charge on any atom is -0.484 e. The van der Waals surface area contributed by atoms with E-state index in [1.165, 1.54) is 18.2 Å². The third-order valence-corrected chi connectivity index (χ3v) is 4.24. The van der Waals surface area contributed by atoms with E-state index < -0.39 is 5.82 Å². The lowest BCUT2D eigenvalue weighted by Gasteiger charge is -2.33. The fourth-order valence-electron chi connectivity index (χ4n) is 2.71. The van der Waals surface area contributed by atoms with E-state index >= 15 is 0 Å². The van der Waals surface area contributed by atoms with Crippen molar-refractivity contribution < 1.29 is 13.9 Å². The monoisotopic (exact) mass is 337 g/mol. The second-order valence-corrected chi connectivity index (χ2v) is 5.92. The molecule has 122 valence electrons. The molecule has 1 aliphatic heterocycles. The van der Waals surface area contributed by atoms with Gasteiger partial charge in [-0.3, -0.25) is 4.79 Å². The van der Waals surface area contributed by atoms with E-state index in [4.69, 9.17) is 16.3 Å². The third kappa shape index (κ3) is 3.82. The van der Waals surface area contributed by atoms with Crippen LogP contribution in [0.5, 0.6) is 5.75 Å². The summed E-state index contributed by atoms with van der Waals surface area (Å²) in [6, 6.07) is 4.29. The van der Waals surface area contributed by atoms with Gasteiger partial charge < -0.3 is 14.2 Å². The third-order valence-electron chi connectivity index (χ3n) is 3.95. The molecular weight excluding hydrogens is 321 g/mol. The van der Waals surface area contributed by atoms with Crippen molar-refractivity contribution in [1.82, 2.24) is 14.5 Å². The van der Waals surface area contributed by atoms with E-state index in [1.807, 2.05) is 10.8 Å². The van der Waals surface area contributed by atoms with Gasteiger partial charge in [-0.15, -0.1) is 0 Å². The number of carbonyl (C=O) groups is 1.